The van der Waals surface area contributed by atoms with E-state index in [1.165, 1.54) is 21.3 Å². The molecule has 1 aliphatic rings. The molecule has 0 aromatic heterocycles. The largest absolute Gasteiger partial charge is 0.416 e. The molecule has 0 aliphatic carbocycles. The molecule has 2 aromatic rings. The Balaban J connectivity index is 2.01. The fraction of sp³-hybridized carbons (Fsp3) is 0.235. The van der Waals surface area contributed by atoms with Gasteiger partial charge in [0, 0.05) is 48.4 Å². The predicted molar refractivity (Wildman–Crippen MR) is 98.7 cm³/mol. The molecular formula is C17H13F3INOS. The monoisotopic (exact) mass is 463 g/mol. The Bertz CT molecular complexity index is 766. The molecule has 0 amide bonds. The summed E-state index contributed by atoms with van der Waals surface area (Å²) in [6, 6.07) is 11.1. The van der Waals surface area contributed by atoms with E-state index in [1.54, 1.807) is 18.2 Å². The molecule has 1 atom stereocenters. The SMILES string of the molecule is O=Cc1cccc2c1[C@@H](Cc1ccccc1C(F)(F)F)CN2SI. The second-order valence-electron chi connectivity index (χ2n) is 5.58. The molecule has 0 spiro atoms. The molecule has 0 saturated carbocycles. The van der Waals surface area contributed by atoms with Crippen molar-refractivity contribution in [1.82, 2.24) is 0 Å². The molecule has 7 heteroatoms. The van der Waals surface area contributed by atoms with Gasteiger partial charge in [-0.25, -0.2) is 0 Å². The third-order valence-corrected chi connectivity index (χ3v) is 6.12. The van der Waals surface area contributed by atoms with Crippen LogP contribution in [0.1, 0.15) is 33.0 Å². The van der Waals surface area contributed by atoms with Crippen LogP contribution < -0.4 is 4.31 Å². The van der Waals surface area contributed by atoms with Crippen molar-refractivity contribution in [2.24, 2.45) is 0 Å². The fourth-order valence-corrected chi connectivity index (χ4v) is 4.79. The van der Waals surface area contributed by atoms with Crippen molar-refractivity contribution in [3.05, 3.63) is 64.7 Å². The standard InChI is InChI=1S/C17H13F3INOS/c18-17(19,20)14-6-2-1-4-11(14)8-13-9-22(24-21)15-7-3-5-12(10-23)16(13)15/h1-7,10,13H,8-9H2/t13-/m0/s1. The van der Waals surface area contributed by atoms with Crippen LogP contribution in [-0.4, -0.2) is 12.8 Å². The third-order valence-electron chi connectivity index (χ3n) is 4.18. The molecule has 0 unspecified atom stereocenters. The Morgan fingerprint density at radius 2 is 1.96 bits per heavy atom. The first-order chi connectivity index (χ1) is 11.5. The van der Waals surface area contributed by atoms with Crippen LogP contribution in [0.4, 0.5) is 18.9 Å². The molecule has 0 radical (unpaired) electrons. The van der Waals surface area contributed by atoms with Gasteiger partial charge in [0.15, 0.2) is 0 Å². The number of hydrogen-bond acceptors (Lipinski definition) is 3. The lowest BCUT2D eigenvalue weighted by Gasteiger charge is -2.17. The Labute approximate surface area is 154 Å². The number of benzene rings is 2. The Morgan fingerprint density at radius 3 is 2.62 bits per heavy atom. The highest BCUT2D eigenvalue weighted by Crippen LogP contribution is 2.45. The lowest BCUT2D eigenvalue weighted by atomic mass is 9.89. The van der Waals surface area contributed by atoms with Gasteiger partial charge in [-0.05, 0) is 29.7 Å². The zero-order chi connectivity index (χ0) is 17.3. The zero-order valence-corrected chi connectivity index (χ0v) is 15.4. The van der Waals surface area contributed by atoms with Crippen molar-refractivity contribution < 1.29 is 18.0 Å². The number of carbonyl (C=O) groups is 1. The van der Waals surface area contributed by atoms with Crippen LogP contribution in [-0.2, 0) is 12.6 Å². The van der Waals surface area contributed by atoms with E-state index in [0.29, 0.717) is 12.1 Å². The lowest BCUT2D eigenvalue weighted by Crippen LogP contribution is -2.15. The summed E-state index contributed by atoms with van der Waals surface area (Å²) in [4.78, 5) is 11.4. The van der Waals surface area contributed by atoms with E-state index in [-0.39, 0.29) is 17.9 Å². The average molecular weight is 463 g/mol. The first kappa shape index (κ1) is 17.6. The molecule has 0 fully saturated rings. The van der Waals surface area contributed by atoms with Crippen LogP contribution in [0.25, 0.3) is 0 Å². The number of halogens is 4. The van der Waals surface area contributed by atoms with E-state index in [4.69, 9.17) is 0 Å². The van der Waals surface area contributed by atoms with Crippen molar-refractivity contribution in [1.29, 1.82) is 0 Å². The molecule has 1 heterocycles. The van der Waals surface area contributed by atoms with E-state index in [2.05, 4.69) is 21.2 Å². The molecule has 1 aliphatic heterocycles. The number of aldehydes is 1. The molecule has 2 nitrogen and oxygen atoms in total. The van der Waals surface area contributed by atoms with Crippen LogP contribution in [0.5, 0.6) is 0 Å². The summed E-state index contributed by atoms with van der Waals surface area (Å²) in [5.74, 6) is -0.146. The van der Waals surface area contributed by atoms with E-state index in [1.807, 2.05) is 10.4 Å². The van der Waals surface area contributed by atoms with Crippen LogP contribution >= 0.6 is 30.3 Å². The summed E-state index contributed by atoms with van der Waals surface area (Å²) >= 11 is 2.14. The van der Waals surface area contributed by atoms with Gasteiger partial charge in [0.25, 0.3) is 0 Å². The molecule has 2 aromatic carbocycles. The van der Waals surface area contributed by atoms with Crippen molar-refractivity contribution in [2.45, 2.75) is 18.5 Å². The Morgan fingerprint density at radius 1 is 1.21 bits per heavy atom. The van der Waals surface area contributed by atoms with Gasteiger partial charge in [0.05, 0.1) is 11.3 Å². The highest BCUT2D eigenvalue weighted by Gasteiger charge is 2.36. The minimum absolute atomic E-state index is 0.146. The lowest BCUT2D eigenvalue weighted by molar-refractivity contribution is -0.138. The van der Waals surface area contributed by atoms with Crippen LogP contribution in [0.2, 0.25) is 0 Å². The van der Waals surface area contributed by atoms with E-state index >= 15 is 0 Å². The maximum absolute atomic E-state index is 13.2. The van der Waals surface area contributed by atoms with Gasteiger partial charge in [-0.1, -0.05) is 30.3 Å². The number of rotatable bonds is 4. The quantitative estimate of drug-likeness (QED) is 0.332. The summed E-state index contributed by atoms with van der Waals surface area (Å²) in [6.07, 6.45) is -3.34. The average Bonchev–Trinajstić information content (AvgIpc) is 2.92. The number of nitrogens with zero attached hydrogens (tertiary/aromatic N) is 1. The van der Waals surface area contributed by atoms with Crippen molar-refractivity contribution in [3.8, 4) is 0 Å². The Hall–Kier alpha value is -1.22. The van der Waals surface area contributed by atoms with E-state index < -0.39 is 11.7 Å². The number of hydrogen-bond donors (Lipinski definition) is 0. The minimum Gasteiger partial charge on any atom is -0.307 e. The number of alkyl halides is 3. The van der Waals surface area contributed by atoms with E-state index in [0.717, 1.165) is 23.6 Å². The zero-order valence-electron chi connectivity index (χ0n) is 12.4. The second-order valence-corrected chi connectivity index (χ2v) is 7.34. The summed E-state index contributed by atoms with van der Waals surface area (Å²) in [5, 5.41) is 0. The second kappa shape index (κ2) is 6.95. The highest BCUT2D eigenvalue weighted by atomic mass is 127. The highest BCUT2D eigenvalue weighted by molar-refractivity contribution is 14.2. The number of fused-ring (bicyclic) bond motifs is 1. The summed E-state index contributed by atoms with van der Waals surface area (Å²) in [6.45, 7) is 0.583. The molecule has 24 heavy (non-hydrogen) atoms. The molecule has 0 bridgehead atoms. The van der Waals surface area contributed by atoms with Crippen LogP contribution in [0, 0.1) is 0 Å². The first-order valence-electron chi connectivity index (χ1n) is 7.25. The van der Waals surface area contributed by atoms with Crippen LogP contribution in [0.15, 0.2) is 42.5 Å². The van der Waals surface area contributed by atoms with Gasteiger partial charge in [-0.2, -0.15) is 13.2 Å². The number of carbonyl (C=O) groups excluding carboxylic acids is 1. The molecule has 0 N–H and O–H groups in total. The van der Waals surface area contributed by atoms with Crippen molar-refractivity contribution in [2.75, 3.05) is 10.8 Å². The fourth-order valence-electron chi connectivity index (χ4n) is 3.20. The maximum Gasteiger partial charge on any atom is 0.416 e. The van der Waals surface area contributed by atoms with Gasteiger partial charge in [-0.15, -0.1) is 0 Å². The first-order valence-corrected chi connectivity index (χ1v) is 10.6. The smallest absolute Gasteiger partial charge is 0.307 e. The van der Waals surface area contributed by atoms with Gasteiger partial charge in [0.1, 0.15) is 6.29 Å². The topological polar surface area (TPSA) is 20.3 Å². The summed E-state index contributed by atoms with van der Waals surface area (Å²) < 4.78 is 41.7. The summed E-state index contributed by atoms with van der Waals surface area (Å²) in [7, 11) is 1.48. The molecule has 3 rings (SSSR count). The maximum atomic E-state index is 13.2. The van der Waals surface area contributed by atoms with Crippen molar-refractivity contribution in [3.63, 3.8) is 0 Å². The minimum atomic E-state index is -4.38. The molecule has 0 saturated heterocycles. The van der Waals surface area contributed by atoms with Gasteiger partial charge in [0.2, 0.25) is 0 Å². The molecule has 126 valence electrons. The Kier molecular flexibility index (Phi) is 5.10. The van der Waals surface area contributed by atoms with Gasteiger partial charge >= 0.3 is 6.18 Å². The third kappa shape index (κ3) is 3.28. The van der Waals surface area contributed by atoms with Crippen LogP contribution in [0.3, 0.4) is 0 Å². The van der Waals surface area contributed by atoms with Gasteiger partial charge < -0.3 is 4.31 Å². The van der Waals surface area contributed by atoms with Crippen molar-refractivity contribution >= 4 is 42.3 Å². The molecular weight excluding hydrogens is 450 g/mol. The van der Waals surface area contributed by atoms with Gasteiger partial charge in [-0.3, -0.25) is 4.79 Å². The predicted octanol–water partition coefficient (Wildman–Crippen LogP) is 5.66. The number of anilines is 1. The van der Waals surface area contributed by atoms with E-state index in [9.17, 15) is 18.0 Å². The normalized spacial score (nSPS) is 17.0. The summed E-state index contributed by atoms with van der Waals surface area (Å²) in [5.41, 5.74) is 1.97.